The van der Waals surface area contributed by atoms with Gasteiger partial charge >= 0.3 is 0 Å². The van der Waals surface area contributed by atoms with Gasteiger partial charge in [0.15, 0.2) is 0 Å². The highest BCUT2D eigenvalue weighted by atomic mass is 32.1. The summed E-state index contributed by atoms with van der Waals surface area (Å²) in [6.45, 7) is 13.9. The number of thiophene rings is 2. The number of rotatable bonds is 1. The minimum absolute atomic E-state index is 0.0726. The fourth-order valence-corrected chi connectivity index (χ4v) is 7.33. The number of benzene rings is 4. The van der Waals surface area contributed by atoms with Gasteiger partial charge in [0.05, 0.1) is 0 Å². The van der Waals surface area contributed by atoms with Crippen LogP contribution >= 0.6 is 22.7 Å². The van der Waals surface area contributed by atoms with Gasteiger partial charge in [0.2, 0.25) is 0 Å². The van der Waals surface area contributed by atoms with Crippen molar-refractivity contribution in [2.45, 2.75) is 52.4 Å². The van der Waals surface area contributed by atoms with Crippen molar-refractivity contribution in [3.05, 3.63) is 83.9 Å². The van der Waals surface area contributed by atoms with E-state index in [1.54, 1.807) is 0 Å². The second-order valence-corrected chi connectivity index (χ2v) is 13.7. The predicted molar refractivity (Wildman–Crippen MR) is 155 cm³/mol. The Morgan fingerprint density at radius 2 is 1.21 bits per heavy atom. The molecule has 170 valence electrons. The second-order valence-electron chi connectivity index (χ2n) is 11.5. The molecule has 6 aromatic rings. The minimum atomic E-state index is 0.0726. The first-order chi connectivity index (χ1) is 16.1. The van der Waals surface area contributed by atoms with Crippen LogP contribution in [-0.2, 0) is 10.8 Å². The third-order valence-corrected chi connectivity index (χ3v) is 9.21. The van der Waals surface area contributed by atoms with Crippen LogP contribution in [0.15, 0.2) is 72.8 Å². The molecule has 0 nitrogen and oxygen atoms in total. The minimum Gasteiger partial charge on any atom is -0.135 e. The molecule has 0 aliphatic rings. The molecule has 0 saturated carbocycles. The Hall–Kier alpha value is -2.68. The van der Waals surface area contributed by atoms with Crippen molar-refractivity contribution < 1.29 is 0 Å². The van der Waals surface area contributed by atoms with Crippen LogP contribution in [0.3, 0.4) is 0 Å². The Bertz CT molecular complexity index is 1710. The Kier molecular flexibility index (Phi) is 4.76. The average molecular weight is 479 g/mol. The van der Waals surface area contributed by atoms with Crippen LogP contribution < -0.4 is 0 Å². The zero-order valence-electron chi connectivity index (χ0n) is 20.7. The molecule has 0 N–H and O–H groups in total. The maximum Gasteiger partial charge on any atom is 0.0364 e. The summed E-state index contributed by atoms with van der Waals surface area (Å²) in [5, 5.41) is 5.56. The molecule has 0 amide bonds. The molecule has 0 atom stereocenters. The summed E-state index contributed by atoms with van der Waals surface area (Å²) in [5.74, 6) is 0. The molecule has 2 heterocycles. The maximum absolute atomic E-state index is 2.44. The summed E-state index contributed by atoms with van der Waals surface area (Å²) in [6.07, 6.45) is 0. The standard InChI is InChI=1S/C32H30S2/c1-31(2,3)21-12-14-27-24(18-21)22-13-11-19(16-28(22)33-27)20-15-25(32(4,5)6)30-23-9-7-8-10-26(23)34-29(30)17-20/h7-18H,1-6H3. The van der Waals surface area contributed by atoms with Crippen molar-refractivity contribution in [3.8, 4) is 11.1 Å². The maximum atomic E-state index is 2.44. The van der Waals surface area contributed by atoms with Crippen molar-refractivity contribution >= 4 is 63.0 Å². The van der Waals surface area contributed by atoms with Crippen LogP contribution in [0.25, 0.3) is 51.5 Å². The average Bonchev–Trinajstić information content (AvgIpc) is 3.34. The predicted octanol–water partition coefficient (Wildman–Crippen LogP) is 10.7. The zero-order valence-corrected chi connectivity index (χ0v) is 22.4. The quantitative estimate of drug-likeness (QED) is 0.220. The van der Waals surface area contributed by atoms with Gasteiger partial charge in [-0.1, -0.05) is 77.9 Å². The van der Waals surface area contributed by atoms with Crippen LogP contribution in [0.4, 0.5) is 0 Å². The van der Waals surface area contributed by atoms with Crippen molar-refractivity contribution in [2.24, 2.45) is 0 Å². The van der Waals surface area contributed by atoms with E-state index in [9.17, 15) is 0 Å². The van der Waals surface area contributed by atoms with Gasteiger partial charge in [0, 0.05) is 40.3 Å². The lowest BCUT2D eigenvalue weighted by molar-refractivity contribution is 0.591. The van der Waals surface area contributed by atoms with Crippen LogP contribution in [-0.4, -0.2) is 0 Å². The van der Waals surface area contributed by atoms with Crippen LogP contribution in [0.2, 0.25) is 0 Å². The fourth-order valence-electron chi connectivity index (χ4n) is 5.04. The van der Waals surface area contributed by atoms with E-state index in [-0.39, 0.29) is 10.8 Å². The monoisotopic (exact) mass is 478 g/mol. The van der Waals surface area contributed by atoms with Gasteiger partial charge in [-0.15, -0.1) is 22.7 Å². The molecule has 0 saturated heterocycles. The largest absolute Gasteiger partial charge is 0.135 e. The molecule has 2 aromatic heterocycles. The summed E-state index contributed by atoms with van der Waals surface area (Å²) in [4.78, 5) is 0. The first-order valence-corrected chi connectivity index (χ1v) is 13.7. The molecule has 0 radical (unpaired) electrons. The van der Waals surface area contributed by atoms with Gasteiger partial charge in [-0.25, -0.2) is 0 Å². The Morgan fingerprint density at radius 3 is 1.97 bits per heavy atom. The van der Waals surface area contributed by atoms with Gasteiger partial charge < -0.3 is 0 Å². The molecule has 0 bridgehead atoms. The molecular weight excluding hydrogens is 448 g/mol. The Morgan fingerprint density at radius 1 is 0.500 bits per heavy atom. The molecule has 2 heteroatoms. The lowest BCUT2D eigenvalue weighted by Gasteiger charge is -2.22. The third-order valence-electron chi connectivity index (χ3n) is 6.96. The van der Waals surface area contributed by atoms with Crippen LogP contribution in [0.5, 0.6) is 0 Å². The van der Waals surface area contributed by atoms with Crippen molar-refractivity contribution in [2.75, 3.05) is 0 Å². The molecular formula is C32H30S2. The summed E-state index contributed by atoms with van der Waals surface area (Å²) < 4.78 is 5.49. The molecule has 4 aromatic carbocycles. The van der Waals surface area contributed by atoms with E-state index in [0.717, 1.165) is 0 Å². The van der Waals surface area contributed by atoms with Gasteiger partial charge in [0.1, 0.15) is 0 Å². The van der Waals surface area contributed by atoms with Gasteiger partial charge in [-0.05, 0) is 69.5 Å². The van der Waals surface area contributed by atoms with Crippen molar-refractivity contribution in [3.63, 3.8) is 0 Å². The third kappa shape index (κ3) is 3.47. The molecule has 34 heavy (non-hydrogen) atoms. The summed E-state index contributed by atoms with van der Waals surface area (Å²) in [5.41, 5.74) is 5.69. The summed E-state index contributed by atoms with van der Waals surface area (Å²) in [7, 11) is 0. The number of hydrogen-bond donors (Lipinski definition) is 0. The Balaban J connectivity index is 1.57. The molecule has 6 rings (SSSR count). The number of hydrogen-bond acceptors (Lipinski definition) is 2. The molecule has 0 aliphatic heterocycles. The van der Waals surface area contributed by atoms with Gasteiger partial charge in [-0.3, -0.25) is 0 Å². The van der Waals surface area contributed by atoms with E-state index in [1.807, 2.05) is 22.7 Å². The highest BCUT2D eigenvalue weighted by Crippen LogP contribution is 2.44. The van der Waals surface area contributed by atoms with E-state index in [4.69, 9.17) is 0 Å². The van der Waals surface area contributed by atoms with E-state index in [0.29, 0.717) is 0 Å². The second kappa shape index (κ2) is 7.41. The first-order valence-electron chi connectivity index (χ1n) is 12.0. The van der Waals surface area contributed by atoms with E-state index >= 15 is 0 Å². The molecule has 0 unspecified atom stereocenters. The van der Waals surface area contributed by atoms with Crippen LogP contribution in [0.1, 0.15) is 52.7 Å². The lowest BCUT2D eigenvalue weighted by atomic mass is 9.82. The van der Waals surface area contributed by atoms with E-state index < -0.39 is 0 Å². The van der Waals surface area contributed by atoms with E-state index in [1.165, 1.54) is 62.6 Å². The van der Waals surface area contributed by atoms with E-state index in [2.05, 4.69) is 114 Å². The zero-order chi connectivity index (χ0) is 23.8. The fraction of sp³-hybridized carbons (Fsp3) is 0.250. The van der Waals surface area contributed by atoms with Crippen molar-refractivity contribution in [1.29, 1.82) is 0 Å². The highest BCUT2D eigenvalue weighted by molar-refractivity contribution is 7.26. The topological polar surface area (TPSA) is 0 Å². The Labute approximate surface area is 209 Å². The molecule has 0 fully saturated rings. The smallest absolute Gasteiger partial charge is 0.0364 e. The van der Waals surface area contributed by atoms with Crippen molar-refractivity contribution in [1.82, 2.24) is 0 Å². The first kappa shape index (κ1) is 21.8. The van der Waals surface area contributed by atoms with Crippen LogP contribution in [0, 0.1) is 0 Å². The van der Waals surface area contributed by atoms with Gasteiger partial charge in [0.25, 0.3) is 0 Å². The number of fused-ring (bicyclic) bond motifs is 6. The summed E-state index contributed by atoms with van der Waals surface area (Å²) >= 11 is 3.82. The molecule has 0 spiro atoms. The molecule has 0 aliphatic carbocycles. The SMILES string of the molecule is CC(C)(C)c1ccc2sc3cc(-c4cc(C(C)(C)C)c5c(c4)sc4ccccc45)ccc3c2c1. The lowest BCUT2D eigenvalue weighted by Crippen LogP contribution is -2.11. The highest BCUT2D eigenvalue weighted by Gasteiger charge is 2.22. The van der Waals surface area contributed by atoms with Gasteiger partial charge in [-0.2, -0.15) is 0 Å². The summed E-state index contributed by atoms with van der Waals surface area (Å²) in [6, 6.07) is 27.7. The normalized spacial score (nSPS) is 13.0.